The molecule has 2 heteroatoms. The summed E-state index contributed by atoms with van der Waals surface area (Å²) >= 11 is 6.24. The lowest BCUT2D eigenvalue weighted by Gasteiger charge is -2.16. The first-order chi connectivity index (χ1) is 6.04. The van der Waals surface area contributed by atoms with Crippen LogP contribution in [0.3, 0.4) is 0 Å². The molecule has 0 heterocycles. The number of rotatable bonds is 1. The summed E-state index contributed by atoms with van der Waals surface area (Å²) in [6, 6.07) is 4.15. The summed E-state index contributed by atoms with van der Waals surface area (Å²) in [5.41, 5.74) is 9.54. The molecule has 0 bridgehead atoms. The number of hydrogen-bond donors (Lipinski definition) is 1. The van der Waals surface area contributed by atoms with Crippen LogP contribution in [-0.2, 0) is 5.54 Å². The predicted octanol–water partition coefficient (Wildman–Crippen LogP) is 2.90. The van der Waals surface area contributed by atoms with Gasteiger partial charge in [-0.3, -0.25) is 0 Å². The van der Waals surface area contributed by atoms with E-state index in [4.69, 9.17) is 17.3 Å². The summed E-state index contributed by atoms with van der Waals surface area (Å²) in [6.07, 6.45) is 2.13. The summed E-state index contributed by atoms with van der Waals surface area (Å²) in [7, 11) is 0. The minimum atomic E-state index is -0.118. The molecule has 1 aliphatic carbocycles. The van der Waals surface area contributed by atoms with Crippen molar-refractivity contribution < 1.29 is 0 Å². The molecule has 2 rings (SSSR count). The molecule has 1 aromatic carbocycles. The highest BCUT2D eigenvalue weighted by Crippen LogP contribution is 2.47. The highest BCUT2D eigenvalue weighted by Gasteiger charge is 2.42. The Hall–Kier alpha value is -0.530. The molecule has 0 amide bonds. The zero-order valence-electron chi connectivity index (χ0n) is 8.02. The standard InChI is InChI=1S/C11H14ClN/c1-7-3-4-8(2)10(12)9(7)11(13)5-6-11/h3-4H,5-6,13H2,1-2H3. The number of nitrogens with two attached hydrogens (primary N) is 1. The van der Waals surface area contributed by atoms with Crippen LogP contribution < -0.4 is 5.73 Å². The van der Waals surface area contributed by atoms with Gasteiger partial charge in [0.2, 0.25) is 0 Å². The van der Waals surface area contributed by atoms with Crippen molar-refractivity contribution in [2.24, 2.45) is 5.73 Å². The third-order valence-corrected chi connectivity index (χ3v) is 3.32. The predicted molar refractivity (Wildman–Crippen MR) is 56.0 cm³/mol. The molecule has 1 aromatic rings. The van der Waals surface area contributed by atoms with Crippen LogP contribution in [0.4, 0.5) is 0 Å². The molecule has 2 N–H and O–H groups in total. The fraction of sp³-hybridized carbons (Fsp3) is 0.455. The molecule has 0 spiro atoms. The van der Waals surface area contributed by atoms with Crippen molar-refractivity contribution in [3.8, 4) is 0 Å². The van der Waals surface area contributed by atoms with Crippen molar-refractivity contribution >= 4 is 11.6 Å². The fourth-order valence-electron chi connectivity index (χ4n) is 1.77. The van der Waals surface area contributed by atoms with Crippen molar-refractivity contribution in [1.29, 1.82) is 0 Å². The minimum absolute atomic E-state index is 0.118. The van der Waals surface area contributed by atoms with E-state index < -0.39 is 0 Å². The molecular weight excluding hydrogens is 182 g/mol. The van der Waals surface area contributed by atoms with E-state index in [1.165, 1.54) is 5.56 Å². The lowest BCUT2D eigenvalue weighted by Crippen LogP contribution is -2.20. The molecular formula is C11H14ClN. The van der Waals surface area contributed by atoms with Gasteiger partial charge in [0, 0.05) is 10.6 Å². The molecule has 0 aliphatic heterocycles. The van der Waals surface area contributed by atoms with Crippen molar-refractivity contribution in [1.82, 2.24) is 0 Å². The van der Waals surface area contributed by atoms with Crippen LogP contribution in [0.1, 0.15) is 29.5 Å². The molecule has 1 nitrogen and oxygen atoms in total. The van der Waals surface area contributed by atoms with E-state index in [1.807, 2.05) is 13.0 Å². The van der Waals surface area contributed by atoms with Crippen LogP contribution in [0, 0.1) is 13.8 Å². The Bertz CT molecular complexity index is 353. The van der Waals surface area contributed by atoms with E-state index in [0.717, 1.165) is 29.0 Å². The van der Waals surface area contributed by atoms with Crippen LogP contribution in [0.25, 0.3) is 0 Å². The van der Waals surface area contributed by atoms with Gasteiger partial charge in [-0.2, -0.15) is 0 Å². The van der Waals surface area contributed by atoms with E-state index in [1.54, 1.807) is 0 Å². The van der Waals surface area contributed by atoms with E-state index in [0.29, 0.717) is 0 Å². The van der Waals surface area contributed by atoms with Crippen LogP contribution in [0.5, 0.6) is 0 Å². The van der Waals surface area contributed by atoms with Gasteiger partial charge in [0.25, 0.3) is 0 Å². The van der Waals surface area contributed by atoms with Gasteiger partial charge in [0.1, 0.15) is 0 Å². The second kappa shape index (κ2) is 2.73. The first kappa shape index (κ1) is 9.04. The SMILES string of the molecule is Cc1ccc(C)c(C2(N)CC2)c1Cl. The van der Waals surface area contributed by atoms with Crippen molar-refractivity contribution in [2.45, 2.75) is 32.2 Å². The fourth-order valence-corrected chi connectivity index (χ4v) is 2.17. The Morgan fingerprint density at radius 2 is 1.77 bits per heavy atom. The largest absolute Gasteiger partial charge is 0.321 e. The van der Waals surface area contributed by atoms with E-state index in [-0.39, 0.29) is 5.54 Å². The summed E-state index contributed by atoms with van der Waals surface area (Å²) in [4.78, 5) is 0. The van der Waals surface area contributed by atoms with Crippen LogP contribution >= 0.6 is 11.6 Å². The molecule has 0 unspecified atom stereocenters. The van der Waals surface area contributed by atoms with Crippen LogP contribution in [-0.4, -0.2) is 0 Å². The Morgan fingerprint density at radius 1 is 1.23 bits per heavy atom. The van der Waals surface area contributed by atoms with E-state index in [2.05, 4.69) is 13.0 Å². The first-order valence-electron chi connectivity index (χ1n) is 4.60. The van der Waals surface area contributed by atoms with Gasteiger partial charge in [0.15, 0.2) is 0 Å². The minimum Gasteiger partial charge on any atom is -0.321 e. The molecule has 0 saturated heterocycles. The maximum atomic E-state index is 6.24. The highest BCUT2D eigenvalue weighted by atomic mass is 35.5. The molecule has 0 atom stereocenters. The maximum absolute atomic E-state index is 6.24. The van der Waals surface area contributed by atoms with Crippen molar-refractivity contribution in [2.75, 3.05) is 0 Å². The number of hydrogen-bond acceptors (Lipinski definition) is 1. The average Bonchev–Trinajstić information content (AvgIpc) is 2.78. The summed E-state index contributed by atoms with van der Waals surface area (Å²) in [5, 5.41) is 0.861. The second-order valence-corrected chi connectivity index (χ2v) is 4.42. The Balaban J connectivity index is 2.61. The topological polar surface area (TPSA) is 26.0 Å². The van der Waals surface area contributed by atoms with Gasteiger partial charge in [-0.1, -0.05) is 23.7 Å². The number of halogens is 1. The lowest BCUT2D eigenvalue weighted by atomic mass is 9.97. The smallest absolute Gasteiger partial charge is 0.0488 e. The van der Waals surface area contributed by atoms with Crippen LogP contribution in [0.2, 0.25) is 5.02 Å². The molecule has 13 heavy (non-hydrogen) atoms. The van der Waals surface area contributed by atoms with E-state index >= 15 is 0 Å². The zero-order chi connectivity index (χ0) is 9.64. The van der Waals surface area contributed by atoms with Gasteiger partial charge < -0.3 is 5.73 Å². The van der Waals surface area contributed by atoms with Crippen molar-refractivity contribution in [3.05, 3.63) is 33.8 Å². The van der Waals surface area contributed by atoms with Gasteiger partial charge in [-0.25, -0.2) is 0 Å². The molecule has 1 fully saturated rings. The highest BCUT2D eigenvalue weighted by molar-refractivity contribution is 6.32. The number of aryl methyl sites for hydroxylation is 2. The quantitative estimate of drug-likeness (QED) is 0.733. The lowest BCUT2D eigenvalue weighted by molar-refractivity contribution is 0.732. The monoisotopic (exact) mass is 195 g/mol. The van der Waals surface area contributed by atoms with Gasteiger partial charge >= 0.3 is 0 Å². The first-order valence-corrected chi connectivity index (χ1v) is 4.97. The number of benzene rings is 1. The third-order valence-electron chi connectivity index (χ3n) is 2.83. The second-order valence-electron chi connectivity index (χ2n) is 4.04. The molecule has 0 radical (unpaired) electrons. The van der Waals surface area contributed by atoms with Crippen molar-refractivity contribution in [3.63, 3.8) is 0 Å². The Morgan fingerprint density at radius 3 is 2.31 bits per heavy atom. The average molecular weight is 196 g/mol. The summed E-state index contributed by atoms with van der Waals surface area (Å²) in [5.74, 6) is 0. The Kier molecular flexibility index (Phi) is 1.90. The van der Waals surface area contributed by atoms with Crippen LogP contribution in [0.15, 0.2) is 12.1 Å². The van der Waals surface area contributed by atoms with Gasteiger partial charge in [-0.15, -0.1) is 0 Å². The zero-order valence-corrected chi connectivity index (χ0v) is 8.78. The van der Waals surface area contributed by atoms with Gasteiger partial charge in [0.05, 0.1) is 0 Å². The Labute approximate surface area is 83.9 Å². The normalized spacial score (nSPS) is 18.8. The van der Waals surface area contributed by atoms with Gasteiger partial charge in [-0.05, 0) is 43.4 Å². The maximum Gasteiger partial charge on any atom is 0.0488 e. The third kappa shape index (κ3) is 1.36. The molecule has 70 valence electrons. The summed E-state index contributed by atoms with van der Waals surface area (Å²) in [6.45, 7) is 4.10. The molecule has 1 saturated carbocycles. The van der Waals surface area contributed by atoms with E-state index in [9.17, 15) is 0 Å². The summed E-state index contributed by atoms with van der Waals surface area (Å²) < 4.78 is 0. The molecule has 0 aromatic heterocycles. The molecule has 1 aliphatic rings.